The molecule has 1 aliphatic rings. The van der Waals surface area contributed by atoms with Crippen LogP contribution in [0, 0.1) is 0 Å². The molecule has 2 N–H and O–H groups in total. The quantitative estimate of drug-likeness (QED) is 0.845. The number of hydrogen-bond acceptors (Lipinski definition) is 5. The Balaban J connectivity index is 2.29. The van der Waals surface area contributed by atoms with E-state index in [1.165, 1.54) is 12.2 Å². The Morgan fingerprint density at radius 2 is 2.00 bits per heavy atom. The molecule has 1 saturated heterocycles. The molecule has 0 radical (unpaired) electrons. The molecule has 1 aromatic heterocycles. The van der Waals surface area contributed by atoms with Gasteiger partial charge in [0, 0.05) is 30.3 Å². The second-order valence-corrected chi connectivity index (χ2v) is 6.90. The zero-order valence-corrected chi connectivity index (χ0v) is 12.3. The Hall–Kier alpha value is -0.970. The molecule has 0 bridgehead atoms. The zero-order valence-electron chi connectivity index (χ0n) is 11.4. The van der Waals surface area contributed by atoms with Gasteiger partial charge in [-0.25, -0.2) is 9.97 Å². The highest BCUT2D eigenvalue weighted by atomic mass is 32.2. The highest BCUT2D eigenvalue weighted by Gasteiger charge is 2.20. The first-order valence-electron chi connectivity index (χ1n) is 6.44. The summed E-state index contributed by atoms with van der Waals surface area (Å²) in [5.41, 5.74) is 5.85. The molecular formula is C13H22N4S. The molecule has 0 amide bonds. The Morgan fingerprint density at radius 1 is 1.22 bits per heavy atom. The van der Waals surface area contributed by atoms with Crippen molar-refractivity contribution in [3.05, 3.63) is 11.9 Å². The highest BCUT2D eigenvalue weighted by molar-refractivity contribution is 7.99. The molecule has 1 aromatic rings. The van der Waals surface area contributed by atoms with Crippen LogP contribution in [0.3, 0.4) is 0 Å². The number of nitrogens with two attached hydrogens (primary N) is 1. The van der Waals surface area contributed by atoms with Crippen molar-refractivity contribution in [3.8, 4) is 0 Å². The standard InChI is InChI=1S/C13H22N4S/c1-13(2,3)12-15-10(14)9-11(16-12)17-5-4-7-18-8-6-17/h9H,4-8H2,1-3H3,(H2,14,15,16). The fraction of sp³-hybridized carbons (Fsp3) is 0.692. The van der Waals surface area contributed by atoms with Crippen molar-refractivity contribution in [1.29, 1.82) is 0 Å². The van der Waals surface area contributed by atoms with Crippen LogP contribution in [0.5, 0.6) is 0 Å². The molecule has 1 fully saturated rings. The maximum atomic E-state index is 5.92. The fourth-order valence-corrected chi connectivity index (χ4v) is 2.81. The van der Waals surface area contributed by atoms with Gasteiger partial charge in [0.1, 0.15) is 17.5 Å². The monoisotopic (exact) mass is 266 g/mol. The summed E-state index contributed by atoms with van der Waals surface area (Å²) in [4.78, 5) is 11.4. The minimum Gasteiger partial charge on any atom is -0.384 e. The first-order valence-corrected chi connectivity index (χ1v) is 7.60. The van der Waals surface area contributed by atoms with Gasteiger partial charge in [0.2, 0.25) is 0 Å². The van der Waals surface area contributed by atoms with Crippen molar-refractivity contribution in [2.24, 2.45) is 0 Å². The lowest BCUT2D eigenvalue weighted by Crippen LogP contribution is -2.28. The van der Waals surface area contributed by atoms with E-state index in [9.17, 15) is 0 Å². The number of rotatable bonds is 1. The van der Waals surface area contributed by atoms with Crippen molar-refractivity contribution >= 4 is 23.4 Å². The van der Waals surface area contributed by atoms with Crippen molar-refractivity contribution in [1.82, 2.24) is 9.97 Å². The van der Waals surface area contributed by atoms with Gasteiger partial charge in [-0.05, 0) is 12.2 Å². The van der Waals surface area contributed by atoms with Crippen molar-refractivity contribution in [2.45, 2.75) is 32.6 Å². The number of aromatic nitrogens is 2. The van der Waals surface area contributed by atoms with Gasteiger partial charge in [-0.2, -0.15) is 11.8 Å². The maximum Gasteiger partial charge on any atom is 0.138 e. The summed E-state index contributed by atoms with van der Waals surface area (Å²) in [6, 6.07) is 1.89. The third-order valence-electron chi connectivity index (χ3n) is 2.95. The molecule has 0 aliphatic carbocycles. The zero-order chi connectivity index (χ0) is 13.2. The molecule has 0 atom stereocenters. The highest BCUT2D eigenvalue weighted by Crippen LogP contribution is 2.24. The minimum absolute atomic E-state index is 0.0648. The number of nitrogen functional groups attached to an aromatic ring is 1. The van der Waals surface area contributed by atoms with E-state index in [-0.39, 0.29) is 5.41 Å². The predicted octanol–water partition coefficient (Wildman–Crippen LogP) is 2.30. The maximum absolute atomic E-state index is 5.92. The van der Waals surface area contributed by atoms with Gasteiger partial charge >= 0.3 is 0 Å². The Morgan fingerprint density at radius 3 is 2.72 bits per heavy atom. The predicted molar refractivity (Wildman–Crippen MR) is 79.3 cm³/mol. The number of thioether (sulfide) groups is 1. The summed E-state index contributed by atoms with van der Waals surface area (Å²) >= 11 is 2.01. The number of anilines is 2. The van der Waals surface area contributed by atoms with Gasteiger partial charge in [-0.15, -0.1) is 0 Å². The molecule has 5 heteroatoms. The Labute approximate surface area is 113 Å². The summed E-state index contributed by atoms with van der Waals surface area (Å²) in [5.74, 6) is 4.78. The average molecular weight is 266 g/mol. The lowest BCUT2D eigenvalue weighted by atomic mass is 9.96. The number of hydrogen-bond donors (Lipinski definition) is 1. The average Bonchev–Trinajstić information content (AvgIpc) is 2.55. The van der Waals surface area contributed by atoms with Gasteiger partial charge in [-0.1, -0.05) is 20.8 Å². The van der Waals surface area contributed by atoms with Crippen molar-refractivity contribution in [2.75, 3.05) is 35.2 Å². The third kappa shape index (κ3) is 3.28. The van der Waals surface area contributed by atoms with Gasteiger partial charge in [0.25, 0.3) is 0 Å². The molecular weight excluding hydrogens is 244 g/mol. The molecule has 1 aliphatic heterocycles. The van der Waals surface area contributed by atoms with Crippen LogP contribution in [0.2, 0.25) is 0 Å². The van der Waals surface area contributed by atoms with E-state index in [4.69, 9.17) is 10.7 Å². The van der Waals surface area contributed by atoms with E-state index in [1.807, 2.05) is 17.8 Å². The summed E-state index contributed by atoms with van der Waals surface area (Å²) in [6.45, 7) is 8.45. The second-order valence-electron chi connectivity index (χ2n) is 5.68. The molecule has 2 rings (SSSR count). The first kappa shape index (κ1) is 13.5. The Kier molecular flexibility index (Phi) is 4.00. The summed E-state index contributed by atoms with van der Waals surface area (Å²) in [5, 5.41) is 0. The summed E-state index contributed by atoms with van der Waals surface area (Å²) in [6.07, 6.45) is 1.21. The van der Waals surface area contributed by atoms with Gasteiger partial charge in [0.15, 0.2) is 0 Å². The van der Waals surface area contributed by atoms with Crippen LogP contribution in [0.1, 0.15) is 33.0 Å². The van der Waals surface area contributed by atoms with Crippen LogP contribution in [-0.4, -0.2) is 34.6 Å². The number of nitrogens with zero attached hydrogens (tertiary/aromatic N) is 3. The van der Waals surface area contributed by atoms with Crippen molar-refractivity contribution in [3.63, 3.8) is 0 Å². The van der Waals surface area contributed by atoms with E-state index in [0.29, 0.717) is 5.82 Å². The molecule has 0 spiro atoms. The van der Waals surface area contributed by atoms with Crippen LogP contribution in [0.15, 0.2) is 6.07 Å². The lowest BCUT2D eigenvalue weighted by molar-refractivity contribution is 0.545. The minimum atomic E-state index is -0.0648. The second kappa shape index (κ2) is 5.34. The molecule has 2 heterocycles. The van der Waals surface area contributed by atoms with E-state index in [0.717, 1.165) is 30.5 Å². The molecule has 0 unspecified atom stereocenters. The lowest BCUT2D eigenvalue weighted by Gasteiger charge is -2.24. The van der Waals surface area contributed by atoms with Crippen LogP contribution in [0.4, 0.5) is 11.6 Å². The first-order chi connectivity index (χ1) is 8.47. The van der Waals surface area contributed by atoms with E-state index in [1.54, 1.807) is 0 Å². The van der Waals surface area contributed by atoms with Crippen molar-refractivity contribution < 1.29 is 0 Å². The SMILES string of the molecule is CC(C)(C)c1nc(N)cc(N2CCCSCC2)n1. The molecule has 18 heavy (non-hydrogen) atoms. The molecule has 0 aromatic carbocycles. The fourth-order valence-electron chi connectivity index (χ4n) is 1.93. The van der Waals surface area contributed by atoms with Crippen LogP contribution in [-0.2, 0) is 5.41 Å². The van der Waals surface area contributed by atoms with E-state index in [2.05, 4.69) is 30.7 Å². The van der Waals surface area contributed by atoms with Gasteiger partial charge in [0.05, 0.1) is 0 Å². The molecule has 100 valence electrons. The van der Waals surface area contributed by atoms with Crippen LogP contribution < -0.4 is 10.6 Å². The van der Waals surface area contributed by atoms with E-state index >= 15 is 0 Å². The largest absolute Gasteiger partial charge is 0.384 e. The van der Waals surface area contributed by atoms with Crippen LogP contribution >= 0.6 is 11.8 Å². The normalized spacial score (nSPS) is 17.6. The molecule has 0 saturated carbocycles. The smallest absolute Gasteiger partial charge is 0.138 e. The third-order valence-corrected chi connectivity index (χ3v) is 4.00. The summed E-state index contributed by atoms with van der Waals surface area (Å²) < 4.78 is 0. The van der Waals surface area contributed by atoms with Gasteiger partial charge < -0.3 is 10.6 Å². The van der Waals surface area contributed by atoms with E-state index < -0.39 is 0 Å². The molecule has 4 nitrogen and oxygen atoms in total. The Bertz CT molecular complexity index is 406. The van der Waals surface area contributed by atoms with Crippen LogP contribution in [0.25, 0.3) is 0 Å². The summed E-state index contributed by atoms with van der Waals surface area (Å²) in [7, 11) is 0. The topological polar surface area (TPSA) is 55.0 Å². The van der Waals surface area contributed by atoms with Gasteiger partial charge in [-0.3, -0.25) is 0 Å².